The molecule has 0 spiro atoms. The van der Waals surface area contributed by atoms with Crippen molar-refractivity contribution in [3.05, 3.63) is 52.0 Å². The molecule has 0 radical (unpaired) electrons. The van der Waals surface area contributed by atoms with Crippen LogP contribution in [0.5, 0.6) is 0 Å². The number of esters is 2. The second kappa shape index (κ2) is 8.51. The molecule has 2 rings (SSSR count). The van der Waals surface area contributed by atoms with Gasteiger partial charge in [0.15, 0.2) is 0 Å². The summed E-state index contributed by atoms with van der Waals surface area (Å²) in [6.45, 7) is 12.7. The fraction of sp³-hybridized carbons (Fsp3) is 0.409. The zero-order valence-corrected chi connectivity index (χ0v) is 17.8. The molecule has 156 valence electrons. The minimum absolute atomic E-state index is 0.136. The van der Waals surface area contributed by atoms with E-state index >= 15 is 0 Å². The highest BCUT2D eigenvalue weighted by Crippen LogP contribution is 2.28. The van der Waals surface area contributed by atoms with E-state index in [2.05, 4.69) is 16.9 Å². The molecular formula is C22H28N2O5. The van der Waals surface area contributed by atoms with Gasteiger partial charge in [-0.1, -0.05) is 12.7 Å². The summed E-state index contributed by atoms with van der Waals surface area (Å²) in [6.07, 6.45) is 3.75. The number of allylic oxidation sites excluding steroid dienone is 1. The number of hydrogen-bond donors (Lipinski definition) is 2. The average molecular weight is 400 g/mol. The maximum Gasteiger partial charge on any atom is 0.355 e. The number of amides is 1. The predicted octanol–water partition coefficient (Wildman–Crippen LogP) is 3.36. The van der Waals surface area contributed by atoms with Crippen LogP contribution in [0.4, 0.5) is 0 Å². The van der Waals surface area contributed by atoms with E-state index in [-0.39, 0.29) is 18.3 Å². The number of carbonyl (C=O) groups excluding carboxylic acids is 3. The van der Waals surface area contributed by atoms with Crippen LogP contribution in [-0.4, -0.2) is 35.5 Å². The Kier molecular flexibility index (Phi) is 6.51. The molecule has 1 aliphatic rings. The molecule has 0 atom stereocenters. The van der Waals surface area contributed by atoms with Crippen molar-refractivity contribution >= 4 is 23.9 Å². The van der Waals surface area contributed by atoms with Gasteiger partial charge in [-0.05, 0) is 63.8 Å². The first-order valence-electron chi connectivity index (χ1n) is 9.36. The molecule has 0 aromatic carbocycles. The van der Waals surface area contributed by atoms with Crippen LogP contribution in [0.3, 0.4) is 0 Å². The van der Waals surface area contributed by atoms with Crippen LogP contribution in [-0.2, 0) is 25.5 Å². The first-order chi connectivity index (χ1) is 13.5. The monoisotopic (exact) mass is 400 g/mol. The molecule has 2 heterocycles. The number of ether oxygens (including phenoxy) is 2. The zero-order chi connectivity index (χ0) is 21.9. The fourth-order valence-electron chi connectivity index (χ4n) is 3.08. The Labute approximate surface area is 170 Å². The second-order valence-corrected chi connectivity index (χ2v) is 7.85. The lowest BCUT2D eigenvalue weighted by Crippen LogP contribution is -2.24. The Bertz CT molecular complexity index is 926. The Balaban J connectivity index is 2.49. The fourth-order valence-corrected chi connectivity index (χ4v) is 3.08. The van der Waals surface area contributed by atoms with E-state index in [1.165, 1.54) is 13.2 Å². The van der Waals surface area contributed by atoms with Gasteiger partial charge in [-0.15, -0.1) is 0 Å². The van der Waals surface area contributed by atoms with Gasteiger partial charge in [-0.2, -0.15) is 0 Å². The van der Waals surface area contributed by atoms with E-state index in [9.17, 15) is 14.4 Å². The Hall–Kier alpha value is -3.09. The van der Waals surface area contributed by atoms with E-state index < -0.39 is 11.6 Å². The summed E-state index contributed by atoms with van der Waals surface area (Å²) in [5.41, 5.74) is 3.69. The average Bonchev–Trinajstić information content (AvgIpc) is 3.08. The van der Waals surface area contributed by atoms with Gasteiger partial charge in [-0.25, -0.2) is 4.79 Å². The summed E-state index contributed by atoms with van der Waals surface area (Å²) in [5.74, 6) is -1.08. The quantitative estimate of drug-likeness (QED) is 0.714. The third kappa shape index (κ3) is 5.04. The smallest absolute Gasteiger partial charge is 0.355 e. The minimum Gasteiger partial charge on any atom is -0.469 e. The third-order valence-electron chi connectivity index (χ3n) is 4.62. The van der Waals surface area contributed by atoms with Crippen LogP contribution in [0.1, 0.15) is 61.4 Å². The summed E-state index contributed by atoms with van der Waals surface area (Å²) in [5, 5.41) is 2.80. The van der Waals surface area contributed by atoms with Crippen LogP contribution in [0.25, 0.3) is 6.08 Å². The maximum atomic E-state index is 12.7. The highest BCUT2D eigenvalue weighted by molar-refractivity contribution is 6.03. The summed E-state index contributed by atoms with van der Waals surface area (Å²) in [7, 11) is 1.33. The van der Waals surface area contributed by atoms with Gasteiger partial charge >= 0.3 is 11.9 Å². The third-order valence-corrected chi connectivity index (χ3v) is 4.62. The van der Waals surface area contributed by atoms with Gasteiger partial charge in [0.1, 0.15) is 11.3 Å². The molecule has 1 aliphatic heterocycles. The summed E-state index contributed by atoms with van der Waals surface area (Å²) in [6, 6.07) is 0. The lowest BCUT2D eigenvalue weighted by Gasteiger charge is -2.19. The van der Waals surface area contributed by atoms with Gasteiger partial charge in [-0.3, -0.25) is 9.59 Å². The van der Waals surface area contributed by atoms with Crippen molar-refractivity contribution in [1.29, 1.82) is 0 Å². The summed E-state index contributed by atoms with van der Waals surface area (Å²) >= 11 is 0. The summed E-state index contributed by atoms with van der Waals surface area (Å²) < 4.78 is 10.2. The number of carbonyl (C=O) groups is 3. The van der Waals surface area contributed by atoms with E-state index in [1.54, 1.807) is 26.8 Å². The van der Waals surface area contributed by atoms with Crippen molar-refractivity contribution in [3.63, 3.8) is 0 Å². The van der Waals surface area contributed by atoms with Crippen molar-refractivity contribution in [2.24, 2.45) is 0 Å². The first-order valence-corrected chi connectivity index (χ1v) is 9.36. The predicted molar refractivity (Wildman–Crippen MR) is 110 cm³/mol. The van der Waals surface area contributed by atoms with Crippen molar-refractivity contribution in [2.75, 3.05) is 7.11 Å². The van der Waals surface area contributed by atoms with Crippen LogP contribution in [0, 0.1) is 6.92 Å². The number of nitrogens with one attached hydrogen (secondary N) is 2. The lowest BCUT2D eigenvalue weighted by atomic mass is 10.0. The van der Waals surface area contributed by atoms with Crippen molar-refractivity contribution < 1.29 is 23.9 Å². The van der Waals surface area contributed by atoms with Gasteiger partial charge in [0.05, 0.1) is 7.11 Å². The van der Waals surface area contributed by atoms with Crippen LogP contribution >= 0.6 is 0 Å². The highest BCUT2D eigenvalue weighted by atomic mass is 16.6. The number of rotatable bonds is 6. The molecule has 1 aromatic rings. The number of hydrogen-bond acceptors (Lipinski definition) is 5. The number of aromatic amines is 1. The molecule has 7 nitrogen and oxygen atoms in total. The van der Waals surface area contributed by atoms with Crippen molar-refractivity contribution in [1.82, 2.24) is 10.3 Å². The molecule has 2 N–H and O–H groups in total. The molecule has 1 amide bonds. The topological polar surface area (TPSA) is 97.5 Å². The minimum atomic E-state index is -0.661. The molecule has 29 heavy (non-hydrogen) atoms. The molecule has 0 saturated carbocycles. The molecule has 0 unspecified atom stereocenters. The van der Waals surface area contributed by atoms with Gasteiger partial charge in [0.2, 0.25) is 0 Å². The normalized spacial score (nSPS) is 15.5. The molecule has 0 fully saturated rings. The number of aromatic nitrogens is 1. The molecule has 0 aliphatic carbocycles. The van der Waals surface area contributed by atoms with Gasteiger partial charge in [0, 0.05) is 23.4 Å². The molecule has 7 heteroatoms. The van der Waals surface area contributed by atoms with Crippen LogP contribution < -0.4 is 5.32 Å². The van der Waals surface area contributed by atoms with Crippen LogP contribution in [0.2, 0.25) is 0 Å². The molecular weight excluding hydrogens is 372 g/mol. The van der Waals surface area contributed by atoms with E-state index in [4.69, 9.17) is 9.47 Å². The van der Waals surface area contributed by atoms with Crippen LogP contribution in [0.15, 0.2) is 29.5 Å². The zero-order valence-electron chi connectivity index (χ0n) is 17.8. The lowest BCUT2D eigenvalue weighted by molar-refractivity contribution is -0.140. The molecule has 1 aromatic heterocycles. The molecule has 0 bridgehead atoms. The van der Waals surface area contributed by atoms with Gasteiger partial charge in [0.25, 0.3) is 5.91 Å². The Morgan fingerprint density at radius 3 is 2.38 bits per heavy atom. The van der Waals surface area contributed by atoms with Crippen molar-refractivity contribution in [3.8, 4) is 0 Å². The maximum absolute atomic E-state index is 12.7. The standard InChI is InChI=1S/C22H28N2O5/c1-8-14-12(2)17(24-20(14)26)11-16-13(3)15(9-10-18(25)28-7)19(23-16)21(27)29-22(4,5)6/h8,11,23H,1,9-10H2,2-7H3,(H,24,26)/b17-11+. The number of H-pyrrole nitrogens is 1. The first kappa shape index (κ1) is 22.2. The van der Waals surface area contributed by atoms with Gasteiger partial charge < -0.3 is 19.8 Å². The second-order valence-electron chi connectivity index (χ2n) is 7.85. The van der Waals surface area contributed by atoms with Crippen molar-refractivity contribution in [2.45, 2.75) is 53.1 Å². The molecule has 0 saturated heterocycles. The van der Waals surface area contributed by atoms with E-state index in [0.717, 1.165) is 11.1 Å². The SMILES string of the molecule is C=CC1=C(C)/C(=C\c2[nH]c(C(=O)OC(C)(C)C)c(CCC(=O)OC)c2C)NC1=O. The highest BCUT2D eigenvalue weighted by Gasteiger charge is 2.26. The van der Waals surface area contributed by atoms with E-state index in [0.29, 0.717) is 34.6 Å². The summed E-state index contributed by atoms with van der Waals surface area (Å²) in [4.78, 5) is 39.5. The Morgan fingerprint density at radius 1 is 1.21 bits per heavy atom. The number of methoxy groups -OCH3 is 1. The van der Waals surface area contributed by atoms with E-state index in [1.807, 2.05) is 13.8 Å². The Morgan fingerprint density at radius 2 is 1.86 bits per heavy atom. The largest absolute Gasteiger partial charge is 0.469 e.